The molecule has 0 saturated carbocycles. The van der Waals surface area contributed by atoms with Crippen LogP contribution in [0, 0.1) is 0 Å². The third kappa shape index (κ3) is 1.61. The monoisotopic (exact) mass is 233 g/mol. The Morgan fingerprint density at radius 2 is 2.24 bits per heavy atom. The van der Waals surface area contributed by atoms with Gasteiger partial charge in [-0.1, -0.05) is 6.58 Å². The molecule has 90 valence electrons. The van der Waals surface area contributed by atoms with E-state index in [4.69, 9.17) is 0 Å². The third-order valence-electron chi connectivity index (χ3n) is 2.59. The van der Waals surface area contributed by atoms with E-state index in [0.717, 1.165) is 0 Å². The van der Waals surface area contributed by atoms with Crippen LogP contribution in [0.2, 0.25) is 0 Å². The van der Waals surface area contributed by atoms with E-state index in [0.29, 0.717) is 17.1 Å². The SMILES string of the molecule is C=Cn1c(NC)nc2c(ncn2C(C)C)c1=O. The molecule has 0 amide bonds. The fourth-order valence-electron chi connectivity index (χ4n) is 1.70. The first-order valence-corrected chi connectivity index (χ1v) is 5.39. The van der Waals surface area contributed by atoms with Gasteiger partial charge in [0.2, 0.25) is 5.95 Å². The molecule has 2 rings (SSSR count). The van der Waals surface area contributed by atoms with Crippen molar-refractivity contribution in [3.05, 3.63) is 23.3 Å². The molecule has 1 N–H and O–H groups in total. The zero-order valence-corrected chi connectivity index (χ0v) is 10.1. The molecule has 0 saturated heterocycles. The highest BCUT2D eigenvalue weighted by Gasteiger charge is 2.14. The maximum atomic E-state index is 12.1. The molecule has 0 aliphatic rings. The molecule has 0 aromatic carbocycles. The summed E-state index contributed by atoms with van der Waals surface area (Å²) in [6.07, 6.45) is 3.06. The minimum Gasteiger partial charge on any atom is -0.358 e. The molecule has 2 heterocycles. The number of anilines is 1. The van der Waals surface area contributed by atoms with Crippen molar-refractivity contribution in [1.29, 1.82) is 0 Å². The Balaban J connectivity index is 2.88. The molecule has 0 fully saturated rings. The Bertz CT molecular complexity index is 623. The van der Waals surface area contributed by atoms with Gasteiger partial charge < -0.3 is 9.88 Å². The standard InChI is InChI=1S/C11H15N5O/c1-5-15-10(17)8-9(14-11(15)12-4)16(6-13-8)7(2)3/h5-7H,1H2,2-4H3,(H,12,14). The van der Waals surface area contributed by atoms with Crippen LogP contribution in [0.15, 0.2) is 17.7 Å². The van der Waals surface area contributed by atoms with Crippen molar-refractivity contribution in [1.82, 2.24) is 19.1 Å². The van der Waals surface area contributed by atoms with Gasteiger partial charge in [0.15, 0.2) is 11.2 Å². The van der Waals surface area contributed by atoms with Crippen LogP contribution in [0.5, 0.6) is 0 Å². The molecule has 0 spiro atoms. The zero-order valence-electron chi connectivity index (χ0n) is 10.1. The minimum absolute atomic E-state index is 0.205. The van der Waals surface area contributed by atoms with E-state index >= 15 is 0 Å². The number of rotatable bonds is 3. The summed E-state index contributed by atoms with van der Waals surface area (Å²) in [6, 6.07) is 0.205. The Morgan fingerprint density at radius 1 is 1.53 bits per heavy atom. The maximum absolute atomic E-state index is 12.1. The van der Waals surface area contributed by atoms with Crippen LogP contribution in [0.4, 0.5) is 5.95 Å². The van der Waals surface area contributed by atoms with Gasteiger partial charge in [0.05, 0.1) is 6.33 Å². The van der Waals surface area contributed by atoms with Crippen LogP contribution in [-0.4, -0.2) is 26.1 Å². The number of imidazole rings is 1. The lowest BCUT2D eigenvalue weighted by atomic mass is 10.4. The molecule has 2 aromatic rings. The Morgan fingerprint density at radius 3 is 2.76 bits per heavy atom. The van der Waals surface area contributed by atoms with Crippen LogP contribution in [0.1, 0.15) is 19.9 Å². The highest BCUT2D eigenvalue weighted by Crippen LogP contribution is 2.14. The summed E-state index contributed by atoms with van der Waals surface area (Å²) < 4.78 is 3.21. The summed E-state index contributed by atoms with van der Waals surface area (Å²) >= 11 is 0. The summed E-state index contributed by atoms with van der Waals surface area (Å²) in [5.41, 5.74) is 0.735. The van der Waals surface area contributed by atoms with Gasteiger partial charge in [-0.15, -0.1) is 0 Å². The van der Waals surface area contributed by atoms with Gasteiger partial charge in [-0.25, -0.2) is 4.98 Å². The first kappa shape index (κ1) is 11.4. The molecule has 0 aliphatic carbocycles. The second-order valence-electron chi connectivity index (χ2n) is 3.96. The number of hydrogen-bond donors (Lipinski definition) is 1. The summed E-state index contributed by atoms with van der Waals surface area (Å²) in [5, 5.41) is 2.87. The lowest BCUT2D eigenvalue weighted by Gasteiger charge is -2.10. The molecule has 2 aromatic heterocycles. The van der Waals surface area contributed by atoms with Crippen LogP contribution in [0.3, 0.4) is 0 Å². The van der Waals surface area contributed by atoms with Gasteiger partial charge >= 0.3 is 0 Å². The van der Waals surface area contributed by atoms with E-state index in [9.17, 15) is 4.79 Å². The molecule has 17 heavy (non-hydrogen) atoms. The van der Waals surface area contributed by atoms with Gasteiger partial charge in [0.25, 0.3) is 5.56 Å². The van der Waals surface area contributed by atoms with Crippen molar-refractivity contribution in [3.8, 4) is 0 Å². The molecule has 0 radical (unpaired) electrons. The minimum atomic E-state index is -0.214. The molecule has 0 atom stereocenters. The predicted molar refractivity (Wildman–Crippen MR) is 68.1 cm³/mol. The van der Waals surface area contributed by atoms with E-state index in [-0.39, 0.29) is 11.6 Å². The van der Waals surface area contributed by atoms with E-state index in [1.54, 1.807) is 13.4 Å². The van der Waals surface area contributed by atoms with Crippen molar-refractivity contribution in [3.63, 3.8) is 0 Å². The fourth-order valence-corrected chi connectivity index (χ4v) is 1.70. The Labute approximate surface area is 98.6 Å². The summed E-state index contributed by atoms with van der Waals surface area (Å²) in [5.74, 6) is 0.458. The summed E-state index contributed by atoms with van der Waals surface area (Å²) in [4.78, 5) is 20.6. The van der Waals surface area contributed by atoms with E-state index in [1.807, 2.05) is 18.4 Å². The predicted octanol–water partition coefficient (Wildman–Crippen LogP) is 1.32. The lowest BCUT2D eigenvalue weighted by molar-refractivity contribution is 0.612. The topological polar surface area (TPSA) is 64.7 Å². The van der Waals surface area contributed by atoms with Gasteiger partial charge in [-0.3, -0.25) is 9.36 Å². The fraction of sp³-hybridized carbons (Fsp3) is 0.364. The van der Waals surface area contributed by atoms with Crippen LogP contribution >= 0.6 is 0 Å². The highest BCUT2D eigenvalue weighted by molar-refractivity contribution is 5.72. The molecular formula is C11H15N5O. The second-order valence-corrected chi connectivity index (χ2v) is 3.96. The molecule has 6 nitrogen and oxygen atoms in total. The third-order valence-corrected chi connectivity index (χ3v) is 2.59. The molecule has 0 aliphatic heterocycles. The second kappa shape index (κ2) is 4.04. The number of hydrogen-bond acceptors (Lipinski definition) is 4. The van der Waals surface area contributed by atoms with E-state index < -0.39 is 0 Å². The zero-order chi connectivity index (χ0) is 12.6. The molecule has 0 unspecified atom stereocenters. The maximum Gasteiger partial charge on any atom is 0.287 e. The number of nitrogens with one attached hydrogen (secondary N) is 1. The van der Waals surface area contributed by atoms with Crippen LogP contribution < -0.4 is 10.9 Å². The highest BCUT2D eigenvalue weighted by atomic mass is 16.1. The van der Waals surface area contributed by atoms with Gasteiger partial charge in [-0.2, -0.15) is 4.98 Å². The first-order valence-electron chi connectivity index (χ1n) is 5.39. The van der Waals surface area contributed by atoms with Crippen molar-refractivity contribution in [2.45, 2.75) is 19.9 Å². The van der Waals surface area contributed by atoms with Crippen molar-refractivity contribution < 1.29 is 0 Å². The van der Waals surface area contributed by atoms with Gasteiger partial charge in [0, 0.05) is 19.3 Å². The van der Waals surface area contributed by atoms with E-state index in [2.05, 4.69) is 21.9 Å². The Hall–Kier alpha value is -2.11. The first-order chi connectivity index (χ1) is 8.10. The normalized spacial score (nSPS) is 11.1. The molecule has 0 bridgehead atoms. The van der Waals surface area contributed by atoms with Crippen LogP contribution in [0.25, 0.3) is 17.4 Å². The summed E-state index contributed by atoms with van der Waals surface area (Å²) in [6.45, 7) is 7.63. The number of aromatic nitrogens is 4. The summed E-state index contributed by atoms with van der Waals surface area (Å²) in [7, 11) is 1.71. The van der Waals surface area contributed by atoms with Crippen molar-refractivity contribution >= 4 is 23.3 Å². The van der Waals surface area contributed by atoms with Crippen molar-refractivity contribution in [2.75, 3.05) is 12.4 Å². The Kier molecular flexibility index (Phi) is 2.71. The van der Waals surface area contributed by atoms with Gasteiger partial charge in [-0.05, 0) is 13.8 Å². The number of fused-ring (bicyclic) bond motifs is 1. The van der Waals surface area contributed by atoms with E-state index in [1.165, 1.54) is 10.8 Å². The van der Waals surface area contributed by atoms with Crippen molar-refractivity contribution in [2.24, 2.45) is 0 Å². The average molecular weight is 233 g/mol. The van der Waals surface area contributed by atoms with Gasteiger partial charge in [0.1, 0.15) is 0 Å². The number of nitrogens with zero attached hydrogens (tertiary/aromatic N) is 4. The largest absolute Gasteiger partial charge is 0.358 e. The molecule has 6 heteroatoms. The smallest absolute Gasteiger partial charge is 0.287 e. The quantitative estimate of drug-likeness (QED) is 0.868. The lowest BCUT2D eigenvalue weighted by Crippen LogP contribution is -2.21. The average Bonchev–Trinajstić information content (AvgIpc) is 2.72. The molecular weight excluding hydrogens is 218 g/mol. The van der Waals surface area contributed by atoms with Crippen LogP contribution in [-0.2, 0) is 0 Å².